The number of halogens is 1. The molecular formula is C25H28BrN3O3S. The molecule has 2 atom stereocenters. The number of anilines is 1. The molecule has 0 aliphatic carbocycles. The molecule has 3 heterocycles. The predicted octanol–water partition coefficient (Wildman–Crippen LogP) is 6.23. The molecule has 8 heteroatoms. The Balaban J connectivity index is 1.36. The molecule has 0 saturated carbocycles. The number of carbonyl (C=O) groups excluding carboxylic acids is 1. The number of hydrogen-bond donors (Lipinski definition) is 0. The van der Waals surface area contributed by atoms with E-state index in [2.05, 4.69) is 33.0 Å². The summed E-state index contributed by atoms with van der Waals surface area (Å²) in [5, 5.41) is 0.974. The molecule has 2 bridgehead atoms. The monoisotopic (exact) mass is 529 g/mol. The molecule has 6 nitrogen and oxygen atoms in total. The van der Waals surface area contributed by atoms with Gasteiger partial charge in [0.2, 0.25) is 0 Å². The molecule has 0 N–H and O–H groups in total. The van der Waals surface area contributed by atoms with Crippen molar-refractivity contribution in [1.82, 2.24) is 9.88 Å². The third-order valence-corrected chi connectivity index (χ3v) is 7.81. The van der Waals surface area contributed by atoms with E-state index >= 15 is 0 Å². The average molecular weight is 530 g/mol. The summed E-state index contributed by atoms with van der Waals surface area (Å²) in [6.07, 6.45) is 1.80. The van der Waals surface area contributed by atoms with Gasteiger partial charge in [0, 0.05) is 17.6 Å². The van der Waals surface area contributed by atoms with Crippen LogP contribution in [0.3, 0.4) is 0 Å². The van der Waals surface area contributed by atoms with E-state index in [9.17, 15) is 4.79 Å². The number of ether oxygens (including phenoxy) is 2. The van der Waals surface area contributed by atoms with Crippen molar-refractivity contribution in [3.8, 4) is 5.75 Å². The molecule has 33 heavy (non-hydrogen) atoms. The molecule has 2 unspecified atom stereocenters. The van der Waals surface area contributed by atoms with Gasteiger partial charge in [0.15, 0.2) is 5.13 Å². The maximum absolute atomic E-state index is 12.8. The van der Waals surface area contributed by atoms with Gasteiger partial charge in [-0.05, 0) is 67.2 Å². The zero-order valence-corrected chi connectivity index (χ0v) is 21.5. The van der Waals surface area contributed by atoms with Crippen LogP contribution in [0.2, 0.25) is 0 Å². The Bertz CT molecular complexity index is 1150. The lowest BCUT2D eigenvalue weighted by Gasteiger charge is -2.41. The van der Waals surface area contributed by atoms with Gasteiger partial charge in [-0.3, -0.25) is 4.90 Å². The number of rotatable bonds is 4. The van der Waals surface area contributed by atoms with E-state index < -0.39 is 5.60 Å². The molecule has 0 spiro atoms. The molecule has 5 rings (SSSR count). The fourth-order valence-electron chi connectivity index (χ4n) is 4.60. The van der Waals surface area contributed by atoms with Gasteiger partial charge in [-0.25, -0.2) is 9.78 Å². The standard InChI is InChI=1S/C25H28BrN3O3S/c1-25(2,3)32-24(30)29-17-9-10-18(29)14-28(13-17)23-27-21-19(26)11-12-20(22(21)33-23)31-15-16-7-5-4-6-8-16/h4-8,11-12,17-18H,9-10,13-15H2,1-3H3. The van der Waals surface area contributed by atoms with E-state index in [-0.39, 0.29) is 18.2 Å². The number of fused-ring (bicyclic) bond motifs is 3. The highest BCUT2D eigenvalue weighted by molar-refractivity contribution is 9.10. The first-order valence-electron chi connectivity index (χ1n) is 11.3. The van der Waals surface area contributed by atoms with E-state index in [4.69, 9.17) is 14.5 Å². The van der Waals surface area contributed by atoms with Gasteiger partial charge in [0.05, 0.1) is 16.8 Å². The van der Waals surface area contributed by atoms with Gasteiger partial charge in [0.1, 0.15) is 23.5 Å². The normalized spacial score (nSPS) is 20.4. The molecule has 1 aromatic heterocycles. The Hall–Kier alpha value is -2.32. The SMILES string of the molecule is CC(C)(C)OC(=O)N1C2CCC1CN(c1nc3c(Br)ccc(OCc4ccccc4)c3s1)C2. The van der Waals surface area contributed by atoms with Crippen LogP contribution in [0.1, 0.15) is 39.2 Å². The summed E-state index contributed by atoms with van der Waals surface area (Å²) in [4.78, 5) is 22.0. The van der Waals surface area contributed by atoms with Crippen LogP contribution in [-0.4, -0.2) is 46.8 Å². The highest BCUT2D eigenvalue weighted by atomic mass is 79.9. The number of piperazine rings is 1. The minimum absolute atomic E-state index is 0.155. The summed E-state index contributed by atoms with van der Waals surface area (Å²) < 4.78 is 13.8. The van der Waals surface area contributed by atoms with Crippen LogP contribution >= 0.6 is 27.3 Å². The summed E-state index contributed by atoms with van der Waals surface area (Å²) in [6, 6.07) is 14.5. The van der Waals surface area contributed by atoms with Gasteiger partial charge in [-0.1, -0.05) is 41.7 Å². The van der Waals surface area contributed by atoms with Gasteiger partial charge in [-0.2, -0.15) is 0 Å². The van der Waals surface area contributed by atoms with Gasteiger partial charge < -0.3 is 14.4 Å². The number of amides is 1. The maximum Gasteiger partial charge on any atom is 0.410 e. The van der Waals surface area contributed by atoms with Crippen LogP contribution in [0.5, 0.6) is 5.75 Å². The number of benzene rings is 2. The zero-order valence-electron chi connectivity index (χ0n) is 19.1. The Kier molecular flexibility index (Phi) is 5.99. The van der Waals surface area contributed by atoms with Crippen LogP contribution in [0, 0.1) is 0 Å². The molecule has 174 valence electrons. The summed E-state index contributed by atoms with van der Waals surface area (Å²) in [7, 11) is 0. The first-order chi connectivity index (χ1) is 15.8. The van der Waals surface area contributed by atoms with E-state index in [0.717, 1.165) is 57.1 Å². The van der Waals surface area contributed by atoms with Crippen LogP contribution in [0.15, 0.2) is 46.9 Å². The van der Waals surface area contributed by atoms with Crippen molar-refractivity contribution in [2.75, 3.05) is 18.0 Å². The van der Waals surface area contributed by atoms with Crippen molar-refractivity contribution >= 4 is 48.7 Å². The van der Waals surface area contributed by atoms with Gasteiger partial charge >= 0.3 is 6.09 Å². The molecule has 2 aliphatic rings. The molecule has 2 fully saturated rings. The van der Waals surface area contributed by atoms with Crippen molar-refractivity contribution in [1.29, 1.82) is 0 Å². The van der Waals surface area contributed by atoms with Crippen LogP contribution in [-0.2, 0) is 11.3 Å². The molecule has 3 aromatic rings. The zero-order chi connectivity index (χ0) is 23.2. The van der Waals surface area contributed by atoms with Gasteiger partial charge in [0.25, 0.3) is 0 Å². The number of aromatic nitrogens is 1. The fourth-order valence-corrected chi connectivity index (χ4v) is 6.23. The third-order valence-electron chi connectivity index (χ3n) is 6.04. The largest absolute Gasteiger partial charge is 0.487 e. The molecule has 2 saturated heterocycles. The van der Waals surface area contributed by atoms with Crippen molar-refractivity contribution < 1.29 is 14.3 Å². The van der Waals surface area contributed by atoms with Crippen molar-refractivity contribution in [3.63, 3.8) is 0 Å². The number of carbonyl (C=O) groups is 1. The second kappa shape index (κ2) is 8.80. The minimum atomic E-state index is -0.483. The Morgan fingerprint density at radius 2 is 1.82 bits per heavy atom. The summed E-state index contributed by atoms with van der Waals surface area (Å²) in [5.41, 5.74) is 1.57. The highest BCUT2D eigenvalue weighted by Crippen LogP contribution is 2.42. The van der Waals surface area contributed by atoms with Crippen LogP contribution in [0.4, 0.5) is 9.93 Å². The fraction of sp³-hybridized carbons (Fsp3) is 0.440. The average Bonchev–Trinajstić information content (AvgIpc) is 3.33. The molecule has 2 aromatic carbocycles. The van der Waals surface area contributed by atoms with Gasteiger partial charge in [-0.15, -0.1) is 0 Å². The minimum Gasteiger partial charge on any atom is -0.487 e. The number of hydrogen-bond acceptors (Lipinski definition) is 6. The second-order valence-corrected chi connectivity index (χ2v) is 11.5. The Labute approximate surface area is 206 Å². The van der Waals surface area contributed by atoms with Crippen LogP contribution in [0.25, 0.3) is 10.2 Å². The van der Waals surface area contributed by atoms with E-state index in [1.165, 1.54) is 0 Å². The van der Waals surface area contributed by atoms with E-state index in [1.54, 1.807) is 11.3 Å². The number of thiazole rings is 1. The van der Waals surface area contributed by atoms with Crippen LogP contribution < -0.4 is 9.64 Å². The molecular weight excluding hydrogens is 502 g/mol. The lowest BCUT2D eigenvalue weighted by molar-refractivity contribution is 0.0123. The molecule has 2 aliphatic heterocycles. The first kappa shape index (κ1) is 22.5. The Morgan fingerprint density at radius 1 is 1.12 bits per heavy atom. The number of nitrogens with zero attached hydrogens (tertiary/aromatic N) is 3. The highest BCUT2D eigenvalue weighted by Gasteiger charge is 2.45. The van der Waals surface area contributed by atoms with E-state index in [0.29, 0.717) is 6.61 Å². The lowest BCUT2D eigenvalue weighted by atomic mass is 10.2. The summed E-state index contributed by atoms with van der Waals surface area (Å²) in [5.74, 6) is 0.844. The summed E-state index contributed by atoms with van der Waals surface area (Å²) in [6.45, 7) is 7.81. The van der Waals surface area contributed by atoms with E-state index in [1.807, 2.05) is 56.0 Å². The third kappa shape index (κ3) is 4.68. The first-order valence-corrected chi connectivity index (χ1v) is 12.9. The lowest BCUT2D eigenvalue weighted by Crippen LogP contribution is -2.56. The molecule has 1 amide bonds. The second-order valence-electron chi connectivity index (χ2n) is 9.67. The Morgan fingerprint density at radius 3 is 2.48 bits per heavy atom. The van der Waals surface area contributed by atoms with Crippen molar-refractivity contribution in [2.45, 2.75) is 57.9 Å². The predicted molar refractivity (Wildman–Crippen MR) is 135 cm³/mol. The van der Waals surface area contributed by atoms with Crippen molar-refractivity contribution in [3.05, 3.63) is 52.5 Å². The summed E-state index contributed by atoms with van der Waals surface area (Å²) >= 11 is 5.31. The molecule has 0 radical (unpaired) electrons. The topological polar surface area (TPSA) is 54.9 Å². The van der Waals surface area contributed by atoms with Crippen molar-refractivity contribution in [2.24, 2.45) is 0 Å². The quantitative estimate of drug-likeness (QED) is 0.401. The maximum atomic E-state index is 12.8. The smallest absolute Gasteiger partial charge is 0.410 e.